The number of esters is 1. The van der Waals surface area contributed by atoms with Crippen molar-refractivity contribution in [2.24, 2.45) is 5.41 Å². The van der Waals surface area contributed by atoms with Gasteiger partial charge in [-0.25, -0.2) is 4.79 Å². The number of imide groups is 1. The molecule has 1 rings (SSSR count). The van der Waals surface area contributed by atoms with Gasteiger partial charge in [0.25, 0.3) is 11.8 Å². The molecule has 0 saturated carbocycles. The van der Waals surface area contributed by atoms with Crippen molar-refractivity contribution in [2.75, 3.05) is 13.1 Å². The number of carbonyl (C=O) groups excluding carboxylic acids is 5. The van der Waals surface area contributed by atoms with Crippen LogP contribution in [0.4, 0.5) is 0 Å². The number of amides is 4. The molecule has 0 fully saturated rings. The number of unbranched alkanes of at least 4 members (excludes halogenated alkanes) is 13. The Labute approximate surface area is 273 Å². The van der Waals surface area contributed by atoms with E-state index >= 15 is 0 Å². The van der Waals surface area contributed by atoms with Crippen molar-refractivity contribution in [3.63, 3.8) is 0 Å². The molecule has 0 aromatic heterocycles. The molecule has 0 saturated heterocycles. The third-order valence-electron chi connectivity index (χ3n) is 7.83. The molecule has 0 aromatic carbocycles. The van der Waals surface area contributed by atoms with Gasteiger partial charge in [0, 0.05) is 38.1 Å². The van der Waals surface area contributed by atoms with E-state index in [2.05, 4.69) is 31.4 Å². The van der Waals surface area contributed by atoms with Crippen LogP contribution in [0.15, 0.2) is 12.2 Å². The molecule has 9 heteroatoms. The van der Waals surface area contributed by atoms with E-state index in [-0.39, 0.29) is 37.7 Å². The number of hydrogen-bond acceptors (Lipinski definition) is 6. The first-order valence-electron chi connectivity index (χ1n) is 17.5. The minimum absolute atomic E-state index is 0.0119. The summed E-state index contributed by atoms with van der Waals surface area (Å²) in [6.07, 6.45) is 21.5. The molecule has 9 nitrogen and oxygen atoms in total. The van der Waals surface area contributed by atoms with Crippen LogP contribution in [0.5, 0.6) is 0 Å². The summed E-state index contributed by atoms with van der Waals surface area (Å²) < 4.78 is 5.47. The van der Waals surface area contributed by atoms with Crippen LogP contribution in [-0.4, -0.2) is 59.2 Å². The second kappa shape index (κ2) is 21.9. The van der Waals surface area contributed by atoms with Crippen molar-refractivity contribution in [2.45, 2.75) is 169 Å². The molecule has 1 heterocycles. The van der Waals surface area contributed by atoms with E-state index in [1.165, 1.54) is 89.2 Å². The molecular weight excluding hydrogens is 570 g/mol. The second-order valence-corrected chi connectivity index (χ2v) is 14.7. The summed E-state index contributed by atoms with van der Waals surface area (Å²) in [6.45, 7) is 12.4. The van der Waals surface area contributed by atoms with Crippen molar-refractivity contribution < 1.29 is 28.7 Å². The number of rotatable bonds is 24. The Morgan fingerprint density at radius 2 is 1.16 bits per heavy atom. The zero-order valence-corrected chi connectivity index (χ0v) is 29.3. The van der Waals surface area contributed by atoms with E-state index in [9.17, 15) is 24.0 Å². The van der Waals surface area contributed by atoms with Gasteiger partial charge in [0.05, 0.1) is 0 Å². The van der Waals surface area contributed by atoms with Gasteiger partial charge in [-0.1, -0.05) is 104 Å². The van der Waals surface area contributed by atoms with Crippen molar-refractivity contribution in [1.29, 1.82) is 0 Å². The highest BCUT2D eigenvalue weighted by atomic mass is 16.6. The topological polar surface area (TPSA) is 122 Å². The van der Waals surface area contributed by atoms with Crippen molar-refractivity contribution >= 4 is 29.6 Å². The lowest BCUT2D eigenvalue weighted by atomic mass is 9.89. The third-order valence-corrected chi connectivity index (χ3v) is 7.83. The highest BCUT2D eigenvalue weighted by molar-refractivity contribution is 6.12. The maximum absolute atomic E-state index is 12.8. The molecule has 0 bridgehead atoms. The zero-order chi connectivity index (χ0) is 33.7. The van der Waals surface area contributed by atoms with Crippen LogP contribution in [0.1, 0.15) is 157 Å². The van der Waals surface area contributed by atoms with Crippen LogP contribution in [0.25, 0.3) is 0 Å². The van der Waals surface area contributed by atoms with E-state index in [1.807, 2.05) is 0 Å². The lowest BCUT2D eigenvalue weighted by Crippen LogP contribution is -2.45. The van der Waals surface area contributed by atoms with Crippen LogP contribution >= 0.6 is 0 Å². The molecule has 0 aromatic rings. The highest BCUT2D eigenvalue weighted by Gasteiger charge is 2.27. The molecule has 0 radical (unpaired) electrons. The van der Waals surface area contributed by atoms with Crippen LogP contribution in [0.2, 0.25) is 0 Å². The predicted octanol–water partition coefficient (Wildman–Crippen LogP) is 6.92. The quantitative estimate of drug-likeness (QED) is 0.0676. The molecule has 1 unspecified atom stereocenters. The summed E-state index contributed by atoms with van der Waals surface area (Å²) in [5.41, 5.74) is -0.259. The monoisotopic (exact) mass is 633 g/mol. The number of nitrogens with one attached hydrogen (secondary N) is 2. The molecule has 1 aliphatic heterocycles. The van der Waals surface area contributed by atoms with Crippen molar-refractivity contribution in [3.8, 4) is 0 Å². The number of ether oxygens (including phenoxy) is 1. The summed E-state index contributed by atoms with van der Waals surface area (Å²) in [7, 11) is 0. The molecule has 0 aliphatic carbocycles. The Hall–Kier alpha value is -2.71. The van der Waals surface area contributed by atoms with Gasteiger partial charge in [-0.15, -0.1) is 0 Å². The summed E-state index contributed by atoms with van der Waals surface area (Å²) in [5.74, 6) is -1.95. The van der Waals surface area contributed by atoms with Gasteiger partial charge in [-0.3, -0.25) is 24.1 Å². The Morgan fingerprint density at radius 1 is 0.689 bits per heavy atom. The number of nitrogens with zero attached hydrogens (tertiary/aromatic N) is 1. The van der Waals surface area contributed by atoms with Crippen molar-refractivity contribution in [3.05, 3.63) is 12.2 Å². The Morgan fingerprint density at radius 3 is 1.62 bits per heavy atom. The van der Waals surface area contributed by atoms with E-state index in [0.29, 0.717) is 11.8 Å². The standard InChI is InChI=1S/C36H63N3O6/c1-35(2,3)26-20-18-16-14-12-10-8-7-9-11-13-15-17-19-21-31(41)38-29(34(44)45-36(4,5)6)22-23-30(40)37-27-28-39-32(42)24-25-33(39)43/h24-25,29H,7-23,26-28H2,1-6H3,(H,37,40)(H,38,41). The fraction of sp³-hybridized carbons (Fsp3) is 0.806. The third kappa shape index (κ3) is 21.6. The van der Waals surface area contributed by atoms with Gasteiger partial charge in [0.15, 0.2) is 0 Å². The smallest absolute Gasteiger partial charge is 0.329 e. The molecule has 1 atom stereocenters. The van der Waals surface area contributed by atoms with Gasteiger partial charge in [-0.05, 0) is 45.4 Å². The summed E-state index contributed by atoms with van der Waals surface area (Å²) in [4.78, 5) is 62.0. The van der Waals surface area contributed by atoms with E-state index < -0.39 is 29.4 Å². The lowest BCUT2D eigenvalue weighted by molar-refractivity contribution is -0.159. The maximum atomic E-state index is 12.8. The normalized spacial score (nSPS) is 14.1. The van der Waals surface area contributed by atoms with Gasteiger partial charge in [0.1, 0.15) is 11.6 Å². The Kier molecular flexibility index (Phi) is 19.6. The number of carbonyl (C=O) groups is 5. The molecule has 2 N–H and O–H groups in total. The highest BCUT2D eigenvalue weighted by Crippen LogP contribution is 2.23. The number of hydrogen-bond donors (Lipinski definition) is 2. The van der Waals surface area contributed by atoms with E-state index in [1.54, 1.807) is 20.8 Å². The minimum atomic E-state index is -0.929. The average Bonchev–Trinajstić information content (AvgIpc) is 3.25. The predicted molar refractivity (Wildman–Crippen MR) is 179 cm³/mol. The first kappa shape index (κ1) is 40.3. The Bertz CT molecular complexity index is 929. The van der Waals surface area contributed by atoms with Gasteiger partial charge < -0.3 is 15.4 Å². The average molecular weight is 634 g/mol. The van der Waals surface area contributed by atoms with Crippen LogP contribution in [0.3, 0.4) is 0 Å². The Balaban J connectivity index is 2.17. The summed E-state index contributed by atoms with van der Waals surface area (Å²) in [5, 5.41) is 5.42. The summed E-state index contributed by atoms with van der Waals surface area (Å²) in [6, 6.07) is -0.929. The van der Waals surface area contributed by atoms with Gasteiger partial charge in [0.2, 0.25) is 11.8 Å². The largest absolute Gasteiger partial charge is 0.458 e. The summed E-state index contributed by atoms with van der Waals surface area (Å²) >= 11 is 0. The van der Waals surface area contributed by atoms with Crippen LogP contribution in [0, 0.1) is 5.41 Å². The molecular formula is C36H63N3O6. The molecule has 258 valence electrons. The molecule has 1 aliphatic rings. The molecule has 45 heavy (non-hydrogen) atoms. The lowest BCUT2D eigenvalue weighted by Gasteiger charge is -2.24. The van der Waals surface area contributed by atoms with Crippen LogP contribution < -0.4 is 10.6 Å². The first-order chi connectivity index (χ1) is 21.2. The van der Waals surface area contributed by atoms with E-state index in [0.717, 1.165) is 24.2 Å². The van der Waals surface area contributed by atoms with Crippen LogP contribution in [-0.2, 0) is 28.7 Å². The SMILES string of the molecule is CC(C)(C)CCCCCCCCCCCCCCCCC(=O)NC(CCC(=O)NCCN1C(=O)C=CC1=O)C(=O)OC(C)(C)C. The maximum Gasteiger partial charge on any atom is 0.329 e. The van der Waals surface area contributed by atoms with Gasteiger partial charge in [-0.2, -0.15) is 0 Å². The zero-order valence-electron chi connectivity index (χ0n) is 29.3. The second-order valence-electron chi connectivity index (χ2n) is 14.7. The molecule has 0 spiro atoms. The minimum Gasteiger partial charge on any atom is -0.458 e. The van der Waals surface area contributed by atoms with Gasteiger partial charge >= 0.3 is 5.97 Å². The van der Waals surface area contributed by atoms with Crippen molar-refractivity contribution in [1.82, 2.24) is 15.5 Å². The van der Waals surface area contributed by atoms with E-state index in [4.69, 9.17) is 4.74 Å². The molecule has 4 amide bonds. The fourth-order valence-electron chi connectivity index (χ4n) is 5.27. The fourth-order valence-corrected chi connectivity index (χ4v) is 5.27. The first-order valence-corrected chi connectivity index (χ1v) is 17.5.